The summed E-state index contributed by atoms with van der Waals surface area (Å²) in [6.07, 6.45) is 0.943. The third-order valence-corrected chi connectivity index (χ3v) is 2.24. The molecule has 0 fully saturated rings. The molecule has 2 heteroatoms. The molecule has 0 unspecified atom stereocenters. The molecule has 0 heterocycles. The van der Waals surface area contributed by atoms with Gasteiger partial charge in [0.1, 0.15) is 0 Å². The second-order valence-electron chi connectivity index (χ2n) is 3.65. The zero-order valence-corrected chi connectivity index (χ0v) is 9.27. The van der Waals surface area contributed by atoms with E-state index in [4.69, 9.17) is 0 Å². The summed E-state index contributed by atoms with van der Waals surface area (Å²) in [4.78, 5) is 11.0. The maximum atomic E-state index is 11.0. The van der Waals surface area contributed by atoms with Crippen molar-refractivity contribution in [3.63, 3.8) is 0 Å². The van der Waals surface area contributed by atoms with Crippen molar-refractivity contribution in [2.24, 2.45) is 0 Å². The van der Waals surface area contributed by atoms with Crippen LogP contribution in [0.5, 0.6) is 0 Å². The van der Waals surface area contributed by atoms with Gasteiger partial charge in [0.05, 0.1) is 0 Å². The number of benzene rings is 1. The Hall–Kier alpha value is -1.31. The minimum atomic E-state index is -0.00773. The van der Waals surface area contributed by atoms with Crippen LogP contribution in [0, 0.1) is 13.8 Å². The first-order chi connectivity index (χ1) is 6.54. The van der Waals surface area contributed by atoms with Crippen LogP contribution >= 0.6 is 0 Å². The maximum Gasteiger partial charge on any atom is 0.221 e. The summed E-state index contributed by atoms with van der Waals surface area (Å²) in [6, 6.07) is 4.21. The quantitative estimate of drug-likeness (QED) is 0.765. The SMILES string of the molecule is CCc1cc(C)cc(C)c1NC(C)=O. The fourth-order valence-corrected chi connectivity index (χ4v) is 1.69. The van der Waals surface area contributed by atoms with Crippen LogP contribution in [0.15, 0.2) is 12.1 Å². The van der Waals surface area contributed by atoms with E-state index in [0.29, 0.717) is 0 Å². The van der Waals surface area contributed by atoms with Gasteiger partial charge < -0.3 is 5.32 Å². The predicted octanol–water partition coefficient (Wildman–Crippen LogP) is 2.82. The second kappa shape index (κ2) is 4.27. The van der Waals surface area contributed by atoms with Gasteiger partial charge in [-0.15, -0.1) is 0 Å². The summed E-state index contributed by atoms with van der Waals surface area (Å²) in [6.45, 7) is 7.74. The number of anilines is 1. The molecule has 0 bridgehead atoms. The Morgan fingerprint density at radius 2 is 2.00 bits per heavy atom. The molecule has 1 N–H and O–H groups in total. The standard InChI is InChI=1S/C12H17NO/c1-5-11-7-8(2)6-9(3)12(11)13-10(4)14/h6-7H,5H2,1-4H3,(H,13,14). The van der Waals surface area contributed by atoms with Crippen LogP contribution in [-0.2, 0) is 11.2 Å². The van der Waals surface area contributed by atoms with E-state index in [1.807, 2.05) is 6.92 Å². The van der Waals surface area contributed by atoms with E-state index in [0.717, 1.165) is 17.7 Å². The Morgan fingerprint density at radius 3 is 2.50 bits per heavy atom. The molecule has 0 aliphatic rings. The highest BCUT2D eigenvalue weighted by Gasteiger charge is 2.06. The van der Waals surface area contributed by atoms with Gasteiger partial charge in [-0.3, -0.25) is 4.79 Å². The number of hydrogen-bond acceptors (Lipinski definition) is 1. The highest BCUT2D eigenvalue weighted by molar-refractivity contribution is 5.90. The zero-order chi connectivity index (χ0) is 10.7. The van der Waals surface area contributed by atoms with Crippen LogP contribution in [0.2, 0.25) is 0 Å². The molecule has 0 saturated heterocycles. The maximum absolute atomic E-state index is 11.0. The molecule has 0 atom stereocenters. The number of nitrogens with one attached hydrogen (secondary N) is 1. The summed E-state index contributed by atoms with van der Waals surface area (Å²) in [7, 11) is 0. The molecule has 0 aliphatic heterocycles. The van der Waals surface area contributed by atoms with Crippen LogP contribution in [0.3, 0.4) is 0 Å². The molecule has 0 aliphatic carbocycles. The normalized spacial score (nSPS) is 10.0. The van der Waals surface area contributed by atoms with Crippen molar-refractivity contribution in [2.75, 3.05) is 5.32 Å². The van der Waals surface area contributed by atoms with Crippen molar-refractivity contribution in [3.05, 3.63) is 28.8 Å². The predicted molar refractivity (Wildman–Crippen MR) is 59.6 cm³/mol. The number of carbonyl (C=O) groups excluding carboxylic acids is 1. The van der Waals surface area contributed by atoms with Crippen LogP contribution in [0.1, 0.15) is 30.5 Å². The average molecular weight is 191 g/mol. The van der Waals surface area contributed by atoms with Crippen LogP contribution in [-0.4, -0.2) is 5.91 Å². The van der Waals surface area contributed by atoms with E-state index < -0.39 is 0 Å². The van der Waals surface area contributed by atoms with Gasteiger partial charge in [0.15, 0.2) is 0 Å². The fourth-order valence-electron chi connectivity index (χ4n) is 1.69. The number of carbonyl (C=O) groups is 1. The van der Waals surface area contributed by atoms with Crippen molar-refractivity contribution < 1.29 is 4.79 Å². The molecule has 0 radical (unpaired) electrons. The van der Waals surface area contributed by atoms with Crippen molar-refractivity contribution in [1.82, 2.24) is 0 Å². The number of hydrogen-bond donors (Lipinski definition) is 1. The topological polar surface area (TPSA) is 29.1 Å². The highest BCUT2D eigenvalue weighted by Crippen LogP contribution is 2.23. The summed E-state index contributed by atoms with van der Waals surface area (Å²) >= 11 is 0. The van der Waals surface area contributed by atoms with Gasteiger partial charge in [0.2, 0.25) is 5.91 Å². The van der Waals surface area contributed by atoms with E-state index in [1.165, 1.54) is 11.1 Å². The lowest BCUT2D eigenvalue weighted by atomic mass is 10.0. The van der Waals surface area contributed by atoms with Gasteiger partial charge in [-0.1, -0.05) is 24.6 Å². The molecule has 1 rings (SSSR count). The van der Waals surface area contributed by atoms with Crippen LogP contribution in [0.25, 0.3) is 0 Å². The van der Waals surface area contributed by atoms with Crippen molar-refractivity contribution in [1.29, 1.82) is 0 Å². The van der Waals surface area contributed by atoms with E-state index in [2.05, 4.69) is 31.3 Å². The second-order valence-corrected chi connectivity index (χ2v) is 3.65. The van der Waals surface area contributed by atoms with Crippen molar-refractivity contribution in [3.8, 4) is 0 Å². The Morgan fingerprint density at radius 1 is 1.36 bits per heavy atom. The largest absolute Gasteiger partial charge is 0.326 e. The lowest BCUT2D eigenvalue weighted by Crippen LogP contribution is -2.09. The zero-order valence-electron chi connectivity index (χ0n) is 9.27. The first-order valence-electron chi connectivity index (χ1n) is 4.92. The fraction of sp³-hybridized carbons (Fsp3) is 0.417. The van der Waals surface area contributed by atoms with E-state index >= 15 is 0 Å². The Labute approximate surface area is 85.3 Å². The third kappa shape index (κ3) is 2.34. The van der Waals surface area contributed by atoms with Crippen LogP contribution < -0.4 is 5.32 Å². The summed E-state index contributed by atoms with van der Waals surface area (Å²) in [5, 5.41) is 2.88. The van der Waals surface area contributed by atoms with Crippen molar-refractivity contribution >= 4 is 11.6 Å². The van der Waals surface area contributed by atoms with Gasteiger partial charge in [-0.05, 0) is 31.4 Å². The molecule has 0 spiro atoms. The molecule has 2 nitrogen and oxygen atoms in total. The highest BCUT2D eigenvalue weighted by atomic mass is 16.1. The first-order valence-corrected chi connectivity index (χ1v) is 4.92. The van der Waals surface area contributed by atoms with Gasteiger partial charge in [-0.25, -0.2) is 0 Å². The molecular weight excluding hydrogens is 174 g/mol. The Bertz CT molecular complexity index is 356. The van der Waals surface area contributed by atoms with Gasteiger partial charge in [0, 0.05) is 12.6 Å². The van der Waals surface area contributed by atoms with E-state index in [9.17, 15) is 4.79 Å². The third-order valence-electron chi connectivity index (χ3n) is 2.24. The van der Waals surface area contributed by atoms with E-state index in [-0.39, 0.29) is 5.91 Å². The minimum absolute atomic E-state index is 0.00773. The Balaban J connectivity index is 3.18. The molecule has 1 amide bonds. The van der Waals surface area contributed by atoms with Gasteiger partial charge in [-0.2, -0.15) is 0 Å². The van der Waals surface area contributed by atoms with E-state index in [1.54, 1.807) is 6.92 Å². The van der Waals surface area contributed by atoms with Crippen LogP contribution in [0.4, 0.5) is 5.69 Å². The lowest BCUT2D eigenvalue weighted by molar-refractivity contribution is -0.114. The van der Waals surface area contributed by atoms with Crippen molar-refractivity contribution in [2.45, 2.75) is 34.1 Å². The molecule has 0 saturated carbocycles. The molecule has 76 valence electrons. The summed E-state index contributed by atoms with van der Waals surface area (Å²) < 4.78 is 0. The smallest absolute Gasteiger partial charge is 0.221 e. The average Bonchev–Trinajstić information content (AvgIpc) is 2.08. The first kappa shape index (κ1) is 10.8. The lowest BCUT2D eigenvalue weighted by Gasteiger charge is -2.12. The Kier molecular flexibility index (Phi) is 3.28. The molecule has 1 aromatic carbocycles. The monoisotopic (exact) mass is 191 g/mol. The van der Waals surface area contributed by atoms with Gasteiger partial charge >= 0.3 is 0 Å². The summed E-state index contributed by atoms with van der Waals surface area (Å²) in [5.74, 6) is -0.00773. The molecule has 0 aromatic heterocycles. The minimum Gasteiger partial charge on any atom is -0.326 e. The van der Waals surface area contributed by atoms with Gasteiger partial charge in [0.25, 0.3) is 0 Å². The number of aryl methyl sites for hydroxylation is 3. The number of amides is 1. The molecule has 1 aromatic rings. The molecular formula is C12H17NO. The number of rotatable bonds is 2. The summed E-state index contributed by atoms with van der Waals surface area (Å²) in [5.41, 5.74) is 4.56. The molecule has 14 heavy (non-hydrogen) atoms.